The van der Waals surface area contributed by atoms with Crippen LogP contribution in [-0.2, 0) is 44.5 Å². The van der Waals surface area contributed by atoms with Crippen molar-refractivity contribution in [1.82, 2.24) is 10.2 Å². The van der Waals surface area contributed by atoms with Gasteiger partial charge in [0.1, 0.15) is 34.6 Å². The van der Waals surface area contributed by atoms with E-state index in [4.69, 9.17) is 40.4 Å². The first-order chi connectivity index (χ1) is 25.5. The zero-order valence-electron chi connectivity index (χ0n) is 33.1. The summed E-state index contributed by atoms with van der Waals surface area (Å²) in [6.07, 6.45) is -1.73. The van der Waals surface area contributed by atoms with Crippen LogP contribution >= 0.6 is 11.6 Å². The van der Waals surface area contributed by atoms with E-state index in [1.54, 1.807) is 52.0 Å². The molecular formula is C38H54ClN3O13. The molecule has 2 fully saturated rings. The van der Waals surface area contributed by atoms with Gasteiger partial charge in [0.15, 0.2) is 17.9 Å². The van der Waals surface area contributed by atoms with Crippen LogP contribution in [0.25, 0.3) is 0 Å². The summed E-state index contributed by atoms with van der Waals surface area (Å²) in [7, 11) is 5.68. The first-order valence-corrected chi connectivity index (χ1v) is 18.1. The van der Waals surface area contributed by atoms with Gasteiger partial charge in [-0.3, -0.25) is 19.7 Å². The van der Waals surface area contributed by atoms with E-state index >= 15 is 0 Å². The van der Waals surface area contributed by atoms with E-state index in [2.05, 4.69) is 5.32 Å². The van der Waals surface area contributed by atoms with Gasteiger partial charge in [-0.1, -0.05) is 56.2 Å². The summed E-state index contributed by atoms with van der Waals surface area (Å²) in [5.74, 6) is -3.48. The molecule has 2 unspecified atom stereocenters. The van der Waals surface area contributed by atoms with Crippen molar-refractivity contribution in [2.45, 2.75) is 109 Å². The third-order valence-corrected chi connectivity index (χ3v) is 10.5. The number of epoxide rings is 1. The molecule has 4 N–H and O–H groups in total. The number of carbonyl (C=O) groups excluding carboxylic acids is 4. The average molecular weight is 796 g/mol. The van der Waals surface area contributed by atoms with Crippen LogP contribution in [0.3, 0.4) is 0 Å². The number of carboxylic acids is 1. The van der Waals surface area contributed by atoms with Crippen molar-refractivity contribution < 1.29 is 63.0 Å². The molecular weight excluding hydrogens is 742 g/mol. The molecule has 16 nitrogen and oxygen atoms in total. The molecule has 55 heavy (non-hydrogen) atoms. The highest BCUT2D eigenvalue weighted by molar-refractivity contribution is 6.35. The molecule has 9 atom stereocenters. The third kappa shape index (κ3) is 10.4. The lowest BCUT2D eigenvalue weighted by molar-refractivity contribution is -0.169. The molecule has 0 aliphatic carbocycles. The minimum Gasteiger partial charge on any atom is -0.495 e. The number of amides is 3. The number of hydrogen-bond donors (Lipinski definition) is 4. The Morgan fingerprint density at radius 3 is 2.33 bits per heavy atom. The Morgan fingerprint density at radius 1 is 1.16 bits per heavy atom. The van der Waals surface area contributed by atoms with Crippen LogP contribution in [-0.4, -0.2) is 126 Å². The van der Waals surface area contributed by atoms with Crippen molar-refractivity contribution in [2.75, 3.05) is 33.2 Å². The summed E-state index contributed by atoms with van der Waals surface area (Å²) in [5, 5.41) is 33.9. The van der Waals surface area contributed by atoms with Crippen molar-refractivity contribution >= 4 is 47.1 Å². The molecule has 17 heteroatoms. The Morgan fingerprint density at radius 2 is 1.78 bits per heavy atom. The number of likely N-dealkylation sites (N-methyl/N-ethyl adjacent to an activating group) is 2. The molecule has 4 rings (SSSR count). The maximum atomic E-state index is 14.0. The Kier molecular flexibility index (Phi) is 14.9. The molecule has 306 valence electrons. The Labute approximate surface area is 326 Å². The summed E-state index contributed by atoms with van der Waals surface area (Å²) < 4.78 is 28.6. The number of esters is 1. The number of benzene rings is 1. The van der Waals surface area contributed by atoms with Crippen molar-refractivity contribution in [1.29, 1.82) is 0 Å². The van der Waals surface area contributed by atoms with Crippen LogP contribution in [0.15, 0.2) is 35.9 Å². The van der Waals surface area contributed by atoms with Crippen molar-refractivity contribution in [3.8, 4) is 5.75 Å². The predicted octanol–water partition coefficient (Wildman–Crippen LogP) is 3.23. The number of carboxylic acid groups (broad SMARTS) is 1. The number of nitrogens with one attached hydrogen (secondary N) is 1. The van der Waals surface area contributed by atoms with E-state index in [0.29, 0.717) is 6.42 Å². The van der Waals surface area contributed by atoms with Gasteiger partial charge in [-0.2, -0.15) is 0 Å². The number of alkyl carbamates (subject to hydrolysis) is 1. The number of carbonyl (C=O) groups is 5. The van der Waals surface area contributed by atoms with Crippen LogP contribution in [0.4, 0.5) is 10.5 Å². The zero-order valence-corrected chi connectivity index (χ0v) is 33.9. The standard InChI is InChI=1S/C34H46ClN3O11.C4H8O2/c1-17-11-10-12-25(46-9)34(44)16-24(47-32(43)36-34)18(2)28-33(5,49-28)29(48-31(42)19(3)37(6)20(4)39)27(40)30(41)38(7)22-14-21(13-17)15-23(45-8)26(22)35;1-3(2)4(5)6/h10-12,14-15,18-19,24-25,27-29,40,44H,13,16H2,1-9H3,(H,36,43);3H,1-2H3,(H,5,6)/b12-10+,17-11+;/t18-,19+,24+,25?,27?,28+,29+,33-,34+;/m1./s1. The predicted molar refractivity (Wildman–Crippen MR) is 200 cm³/mol. The molecule has 2 saturated heterocycles. The number of aliphatic hydroxyl groups is 2. The number of halogens is 1. The van der Waals surface area contributed by atoms with Crippen LogP contribution in [0.1, 0.15) is 60.5 Å². The second-order valence-corrected chi connectivity index (χ2v) is 15.0. The normalized spacial score (nSPS) is 31.5. The van der Waals surface area contributed by atoms with Gasteiger partial charge >= 0.3 is 18.0 Å². The molecule has 0 aromatic heterocycles. The molecule has 3 amide bonds. The molecule has 0 radical (unpaired) electrons. The van der Waals surface area contributed by atoms with Crippen LogP contribution in [0.2, 0.25) is 5.02 Å². The Balaban J connectivity index is 0.00000125. The Bertz CT molecular complexity index is 1680. The van der Waals surface area contributed by atoms with E-state index in [-0.39, 0.29) is 28.8 Å². The minimum absolute atomic E-state index is 0.110. The third-order valence-electron chi connectivity index (χ3n) is 10.2. The number of aliphatic carboxylic acids is 1. The molecule has 3 heterocycles. The van der Waals surface area contributed by atoms with Crippen LogP contribution in [0.5, 0.6) is 5.75 Å². The highest BCUT2D eigenvalue weighted by atomic mass is 35.5. The van der Waals surface area contributed by atoms with Gasteiger partial charge < -0.3 is 48.8 Å². The number of anilines is 1. The molecule has 0 spiro atoms. The van der Waals surface area contributed by atoms with E-state index in [1.807, 2.05) is 13.0 Å². The van der Waals surface area contributed by atoms with Crippen LogP contribution in [0, 0.1) is 11.8 Å². The number of ether oxygens (including phenoxy) is 5. The second kappa shape index (κ2) is 18.2. The summed E-state index contributed by atoms with van der Waals surface area (Å²) in [6, 6.07) is 2.34. The number of hydrogen-bond acceptors (Lipinski definition) is 12. The summed E-state index contributed by atoms with van der Waals surface area (Å²) in [4.78, 5) is 64.2. The number of rotatable bonds is 6. The summed E-state index contributed by atoms with van der Waals surface area (Å²) in [5.41, 5.74) is -1.50. The molecule has 1 aromatic carbocycles. The quantitative estimate of drug-likeness (QED) is 0.241. The maximum absolute atomic E-state index is 14.0. The number of aliphatic hydroxyl groups excluding tert-OH is 1. The second-order valence-electron chi connectivity index (χ2n) is 14.6. The first-order valence-electron chi connectivity index (χ1n) is 17.8. The van der Waals surface area contributed by atoms with Gasteiger partial charge in [-0.25, -0.2) is 9.59 Å². The van der Waals surface area contributed by atoms with E-state index in [1.165, 1.54) is 42.2 Å². The largest absolute Gasteiger partial charge is 0.495 e. The zero-order chi connectivity index (χ0) is 41.7. The lowest BCUT2D eigenvalue weighted by atomic mass is 9.83. The Hall–Kier alpha value is -4.22. The van der Waals surface area contributed by atoms with Crippen molar-refractivity contribution in [2.24, 2.45) is 11.8 Å². The van der Waals surface area contributed by atoms with Crippen molar-refractivity contribution in [3.05, 3.63) is 46.5 Å². The highest BCUT2D eigenvalue weighted by Gasteiger charge is 2.66. The fourth-order valence-electron chi connectivity index (χ4n) is 6.38. The average Bonchev–Trinajstić information content (AvgIpc) is 3.81. The number of methoxy groups -OCH3 is 2. The number of nitrogens with zero attached hydrogens (tertiary/aromatic N) is 2. The monoisotopic (exact) mass is 795 g/mol. The van der Waals surface area contributed by atoms with Gasteiger partial charge in [0.2, 0.25) is 5.91 Å². The highest BCUT2D eigenvalue weighted by Crippen LogP contribution is 2.49. The number of fused-ring (bicyclic) bond motifs is 5. The fourth-order valence-corrected chi connectivity index (χ4v) is 6.69. The van der Waals surface area contributed by atoms with Crippen LogP contribution < -0.4 is 15.0 Å². The molecule has 4 bridgehead atoms. The SMILES string of the molecule is CC(C)C(=O)O.COc1cc2cc(c1Cl)N(C)C(=O)C(O)[C@H](OC(=O)[C@H](C)N(C)C(C)=O)[C@]1(C)O[C@H]1[C@H](C)[C@@H]1C[C@@](O)(NC(=O)O1)C(OC)/C=C/C=C(\C)C2. The summed E-state index contributed by atoms with van der Waals surface area (Å²) in [6.45, 7) is 11.2. The van der Waals surface area contributed by atoms with Gasteiger partial charge in [-0.05, 0) is 44.9 Å². The lowest BCUT2D eigenvalue weighted by Crippen LogP contribution is -2.63. The van der Waals surface area contributed by atoms with Gasteiger partial charge in [0, 0.05) is 40.5 Å². The molecule has 3 aliphatic rings. The molecule has 1 aromatic rings. The molecule has 0 saturated carbocycles. The maximum Gasteiger partial charge on any atom is 0.409 e. The number of allylic oxidation sites excluding steroid dienone is 3. The first kappa shape index (κ1) is 45.2. The lowest BCUT2D eigenvalue weighted by Gasteiger charge is -2.42. The smallest absolute Gasteiger partial charge is 0.409 e. The van der Waals surface area contributed by atoms with E-state index in [9.17, 15) is 34.2 Å². The van der Waals surface area contributed by atoms with Crippen molar-refractivity contribution in [3.63, 3.8) is 0 Å². The molecule has 3 aliphatic heterocycles. The summed E-state index contributed by atoms with van der Waals surface area (Å²) >= 11 is 6.68. The van der Waals surface area contributed by atoms with E-state index < -0.39 is 83.7 Å². The fraction of sp³-hybridized carbons (Fsp3) is 0.605. The minimum atomic E-state index is -1.98. The van der Waals surface area contributed by atoms with Gasteiger partial charge in [-0.15, -0.1) is 0 Å². The van der Waals surface area contributed by atoms with Gasteiger partial charge in [0.05, 0.1) is 24.8 Å². The van der Waals surface area contributed by atoms with E-state index in [0.717, 1.165) is 20.9 Å². The topological polar surface area (TPSA) is 214 Å². The van der Waals surface area contributed by atoms with Gasteiger partial charge in [0.25, 0.3) is 5.91 Å².